The number of aryl methyl sites for hydroxylation is 1. The first kappa shape index (κ1) is 25.0. The molecule has 0 saturated heterocycles. The predicted octanol–water partition coefficient (Wildman–Crippen LogP) is 4.89. The monoisotopic (exact) mass is 491 g/mol. The van der Waals surface area contributed by atoms with Gasteiger partial charge >= 0.3 is 11.8 Å². The van der Waals surface area contributed by atoms with Gasteiger partial charge in [0.2, 0.25) is 0 Å². The number of ether oxygens (including phenoxy) is 1. The van der Waals surface area contributed by atoms with E-state index in [2.05, 4.69) is 5.10 Å². The molecule has 0 aliphatic rings. The maximum absolute atomic E-state index is 13.2. The summed E-state index contributed by atoms with van der Waals surface area (Å²) in [6.45, 7) is 5.32. The molecule has 176 valence electrons. The summed E-state index contributed by atoms with van der Waals surface area (Å²) < 4.78 is 7.56. The molecule has 0 unspecified atom stereocenters. The van der Waals surface area contributed by atoms with Crippen molar-refractivity contribution in [2.45, 2.75) is 51.7 Å². The van der Waals surface area contributed by atoms with Gasteiger partial charge in [0.05, 0.1) is 0 Å². The van der Waals surface area contributed by atoms with E-state index in [4.69, 9.17) is 27.9 Å². The Morgan fingerprint density at radius 1 is 1.03 bits per heavy atom. The molecule has 0 saturated carbocycles. The Balaban J connectivity index is 2.07. The van der Waals surface area contributed by atoms with Crippen LogP contribution in [0.5, 0.6) is 0 Å². The van der Waals surface area contributed by atoms with Crippen molar-refractivity contribution in [2.24, 2.45) is 0 Å². The number of carbonyl (C=O) groups excluding carboxylic acids is 1. The first-order valence-electron chi connectivity index (χ1n) is 10.6. The zero-order valence-corrected chi connectivity index (χ0v) is 20.3. The molecule has 1 N–H and O–H groups in total. The molecule has 1 aromatic heterocycles. The molecule has 3 rings (SSSR count). The summed E-state index contributed by atoms with van der Waals surface area (Å²) in [6.07, 6.45) is -0.113. The third kappa shape index (κ3) is 6.47. The number of nitrogens with zero attached hydrogens (tertiary/aromatic N) is 3. The molecule has 0 spiro atoms. The van der Waals surface area contributed by atoms with Gasteiger partial charge in [0, 0.05) is 35.5 Å². The fourth-order valence-corrected chi connectivity index (χ4v) is 3.69. The third-order valence-corrected chi connectivity index (χ3v) is 5.48. The Morgan fingerprint density at radius 3 is 2.00 bits per heavy atom. The Hall–Kier alpha value is -2.61. The Kier molecular flexibility index (Phi) is 8.00. The van der Waals surface area contributed by atoms with Crippen molar-refractivity contribution >= 4 is 29.3 Å². The number of aromatic nitrogens is 3. The van der Waals surface area contributed by atoms with Gasteiger partial charge in [-0.3, -0.25) is 4.57 Å². The van der Waals surface area contributed by atoms with E-state index in [0.29, 0.717) is 28.7 Å². The number of aliphatic hydroxyl groups is 1. The number of carbonyl (C=O) groups is 1. The van der Waals surface area contributed by atoms with Gasteiger partial charge in [0.15, 0.2) is 0 Å². The van der Waals surface area contributed by atoms with Crippen molar-refractivity contribution in [3.05, 3.63) is 86.0 Å². The minimum absolute atomic E-state index is 0.0642. The number of aliphatic hydroxyl groups excluding tert-OH is 1. The number of hydrogen-bond acceptors (Lipinski definition) is 5. The van der Waals surface area contributed by atoms with Crippen molar-refractivity contribution < 1.29 is 14.6 Å². The summed E-state index contributed by atoms with van der Waals surface area (Å²) in [6, 6.07) is 14.8. The minimum Gasteiger partial charge on any atom is -0.442 e. The predicted molar refractivity (Wildman–Crippen MR) is 128 cm³/mol. The van der Waals surface area contributed by atoms with E-state index in [9.17, 15) is 14.7 Å². The van der Waals surface area contributed by atoms with Crippen molar-refractivity contribution in [1.82, 2.24) is 14.3 Å². The van der Waals surface area contributed by atoms with Crippen molar-refractivity contribution in [1.29, 1.82) is 0 Å². The highest BCUT2D eigenvalue weighted by Gasteiger charge is 2.26. The zero-order chi connectivity index (χ0) is 24.2. The van der Waals surface area contributed by atoms with Gasteiger partial charge in [-0.15, -0.1) is 9.78 Å². The molecule has 7 nitrogen and oxygen atoms in total. The van der Waals surface area contributed by atoms with E-state index >= 15 is 0 Å². The van der Waals surface area contributed by atoms with Gasteiger partial charge in [-0.05, 0) is 62.6 Å². The summed E-state index contributed by atoms with van der Waals surface area (Å²) in [4.78, 5) is 25.9. The van der Waals surface area contributed by atoms with E-state index in [1.165, 1.54) is 4.57 Å². The van der Waals surface area contributed by atoms with Crippen LogP contribution in [-0.2, 0) is 17.7 Å². The Labute approximate surface area is 202 Å². The van der Waals surface area contributed by atoms with Crippen LogP contribution in [-0.4, -0.2) is 37.8 Å². The fourth-order valence-electron chi connectivity index (χ4n) is 3.44. The smallest absolute Gasteiger partial charge is 0.439 e. The lowest BCUT2D eigenvalue weighted by Gasteiger charge is -2.20. The molecule has 0 atom stereocenters. The van der Waals surface area contributed by atoms with Crippen LogP contribution in [0.3, 0.4) is 0 Å². The van der Waals surface area contributed by atoms with E-state index in [0.717, 1.165) is 15.8 Å². The molecule has 33 heavy (non-hydrogen) atoms. The first-order chi connectivity index (χ1) is 15.6. The maximum atomic E-state index is 13.2. The highest BCUT2D eigenvalue weighted by atomic mass is 35.5. The molecular weight excluding hydrogens is 465 g/mol. The van der Waals surface area contributed by atoms with Crippen LogP contribution in [0, 0.1) is 0 Å². The second kappa shape index (κ2) is 10.5. The van der Waals surface area contributed by atoms with E-state index in [1.807, 2.05) is 24.3 Å². The average Bonchev–Trinajstić information content (AvgIpc) is 3.06. The van der Waals surface area contributed by atoms with Gasteiger partial charge in [0.25, 0.3) is 0 Å². The van der Waals surface area contributed by atoms with Crippen LogP contribution in [0.25, 0.3) is 0 Å². The Morgan fingerprint density at radius 2 is 1.55 bits per heavy atom. The Bertz CT molecular complexity index is 1100. The molecule has 1 heterocycles. The topological polar surface area (TPSA) is 86.3 Å². The van der Waals surface area contributed by atoms with Crippen LogP contribution in [0.2, 0.25) is 10.0 Å². The molecule has 0 bridgehead atoms. The van der Waals surface area contributed by atoms with Crippen molar-refractivity contribution in [3.63, 3.8) is 0 Å². The lowest BCUT2D eigenvalue weighted by molar-refractivity contribution is 0.0506. The highest BCUT2D eigenvalue weighted by Crippen LogP contribution is 2.29. The van der Waals surface area contributed by atoms with Crippen LogP contribution < -0.4 is 5.69 Å². The van der Waals surface area contributed by atoms with Crippen LogP contribution >= 0.6 is 23.2 Å². The largest absolute Gasteiger partial charge is 0.442 e. The fraction of sp³-hybridized carbons (Fsp3) is 0.375. The molecule has 0 radical (unpaired) electrons. The second-order valence-electron chi connectivity index (χ2n) is 8.68. The van der Waals surface area contributed by atoms with E-state index < -0.39 is 17.4 Å². The summed E-state index contributed by atoms with van der Waals surface area (Å²) in [5.74, 6) is 0.161. The number of benzene rings is 2. The molecule has 9 heteroatoms. The van der Waals surface area contributed by atoms with E-state index in [-0.39, 0.29) is 19.1 Å². The maximum Gasteiger partial charge on any atom is 0.439 e. The molecule has 0 amide bonds. The van der Waals surface area contributed by atoms with Crippen LogP contribution in [0.15, 0.2) is 53.3 Å². The lowest BCUT2D eigenvalue weighted by Crippen LogP contribution is -2.35. The van der Waals surface area contributed by atoms with Gasteiger partial charge in [-0.1, -0.05) is 47.5 Å². The van der Waals surface area contributed by atoms with Gasteiger partial charge in [0.1, 0.15) is 11.4 Å². The molecular formula is C24H27Cl2N3O4. The molecule has 0 fully saturated rings. The van der Waals surface area contributed by atoms with Crippen LogP contribution in [0.4, 0.5) is 4.79 Å². The van der Waals surface area contributed by atoms with Crippen molar-refractivity contribution in [2.75, 3.05) is 6.61 Å². The van der Waals surface area contributed by atoms with E-state index in [1.54, 1.807) is 45.0 Å². The lowest BCUT2D eigenvalue weighted by atomic mass is 9.91. The summed E-state index contributed by atoms with van der Waals surface area (Å²) in [5.41, 5.74) is 0.504. The average molecular weight is 492 g/mol. The summed E-state index contributed by atoms with van der Waals surface area (Å²) >= 11 is 12.2. The van der Waals surface area contributed by atoms with Gasteiger partial charge in [-0.25, -0.2) is 9.59 Å². The molecule has 0 aliphatic heterocycles. The highest BCUT2D eigenvalue weighted by molar-refractivity contribution is 6.30. The van der Waals surface area contributed by atoms with Crippen LogP contribution in [0.1, 0.15) is 50.1 Å². The SMILES string of the molecule is CC(C)(C)OC(=O)n1nc(CCCO)n(CC(c2ccc(Cl)cc2)c2ccc(Cl)cc2)c1=O. The summed E-state index contributed by atoms with van der Waals surface area (Å²) in [5, 5.41) is 14.8. The van der Waals surface area contributed by atoms with Crippen molar-refractivity contribution in [3.8, 4) is 0 Å². The van der Waals surface area contributed by atoms with Gasteiger partial charge < -0.3 is 9.84 Å². The zero-order valence-electron chi connectivity index (χ0n) is 18.8. The third-order valence-electron chi connectivity index (χ3n) is 4.97. The van der Waals surface area contributed by atoms with Gasteiger partial charge in [-0.2, -0.15) is 0 Å². The number of halogens is 2. The normalized spacial score (nSPS) is 11.7. The minimum atomic E-state index is -0.842. The number of hydrogen-bond donors (Lipinski definition) is 1. The second-order valence-corrected chi connectivity index (χ2v) is 9.56. The quantitative estimate of drug-likeness (QED) is 0.508. The molecule has 0 aliphatic carbocycles. The standard InChI is InChI=1S/C24H27Cl2N3O4/c1-24(2,3)33-23(32)29-22(31)28(21(27-29)5-4-14-30)15-20(16-6-10-18(25)11-7-16)17-8-12-19(26)13-9-17/h6-13,20,30H,4-5,14-15H2,1-3H3. The number of rotatable bonds is 7. The summed E-state index contributed by atoms with van der Waals surface area (Å²) in [7, 11) is 0. The molecule has 2 aromatic carbocycles. The first-order valence-corrected chi connectivity index (χ1v) is 11.4. The molecule has 3 aromatic rings.